The van der Waals surface area contributed by atoms with Crippen molar-refractivity contribution in [2.45, 2.75) is 19.8 Å². The molecule has 1 aromatic carbocycles. The molecule has 0 heterocycles. The molecule has 1 atom stereocenters. The van der Waals surface area contributed by atoms with E-state index in [0.29, 0.717) is 0 Å². The van der Waals surface area contributed by atoms with Gasteiger partial charge in [-0.25, -0.2) is 0 Å². The minimum atomic E-state index is 0.00333. The first kappa shape index (κ1) is 9.27. The highest BCUT2D eigenvalue weighted by Gasteiger charge is 2.04. The first-order valence-electron chi connectivity index (χ1n) is 4.15. The van der Waals surface area contributed by atoms with E-state index >= 15 is 0 Å². The average Bonchev–Trinajstić information content (AvgIpc) is 2.01. The van der Waals surface area contributed by atoms with E-state index in [-0.39, 0.29) is 12.5 Å². The van der Waals surface area contributed by atoms with E-state index < -0.39 is 0 Å². The summed E-state index contributed by atoms with van der Waals surface area (Å²) in [6.45, 7) is 8.09. The van der Waals surface area contributed by atoms with Gasteiger partial charge in [0, 0.05) is 12.5 Å². The summed E-state index contributed by atoms with van der Waals surface area (Å²) < 4.78 is 0. The van der Waals surface area contributed by atoms with Crippen LogP contribution in [-0.4, -0.2) is 11.7 Å². The summed E-state index contributed by atoms with van der Waals surface area (Å²) in [7, 11) is 0. The Kier molecular flexibility index (Phi) is 2.88. The molecule has 65 valence electrons. The Balaban J connectivity index is 3.00. The van der Waals surface area contributed by atoms with Crippen molar-refractivity contribution in [2.75, 3.05) is 6.61 Å². The van der Waals surface area contributed by atoms with E-state index in [4.69, 9.17) is 5.11 Å². The highest BCUT2D eigenvalue weighted by molar-refractivity contribution is 5.31. The number of hydrogen-bond acceptors (Lipinski definition) is 1. The molecule has 1 rings (SSSR count). The van der Waals surface area contributed by atoms with Gasteiger partial charge in [-0.1, -0.05) is 29.3 Å². The van der Waals surface area contributed by atoms with Crippen LogP contribution in [-0.2, 0) is 0 Å². The molecule has 0 spiro atoms. The van der Waals surface area contributed by atoms with Gasteiger partial charge < -0.3 is 5.11 Å². The third-order valence-electron chi connectivity index (χ3n) is 1.94. The molecule has 0 aliphatic heterocycles. The predicted octanol–water partition coefficient (Wildman–Crippen LogP) is 2.21. The van der Waals surface area contributed by atoms with Crippen molar-refractivity contribution < 1.29 is 5.11 Å². The molecule has 0 saturated heterocycles. The van der Waals surface area contributed by atoms with E-state index in [1.54, 1.807) is 0 Å². The van der Waals surface area contributed by atoms with Crippen molar-refractivity contribution >= 4 is 0 Å². The molecule has 1 N–H and O–H groups in total. The fourth-order valence-corrected chi connectivity index (χ4v) is 1.35. The molecule has 0 bridgehead atoms. The van der Waals surface area contributed by atoms with Gasteiger partial charge in [-0.15, -0.1) is 0 Å². The van der Waals surface area contributed by atoms with Crippen LogP contribution in [0.15, 0.2) is 18.2 Å². The molecule has 1 heteroatoms. The van der Waals surface area contributed by atoms with Gasteiger partial charge >= 0.3 is 0 Å². The number of rotatable bonds is 2. The molecule has 1 unspecified atom stereocenters. The Morgan fingerprint density at radius 3 is 2.17 bits per heavy atom. The first-order chi connectivity index (χ1) is 5.63. The lowest BCUT2D eigenvalue weighted by molar-refractivity contribution is 0.282. The van der Waals surface area contributed by atoms with Crippen molar-refractivity contribution in [2.24, 2.45) is 0 Å². The van der Waals surface area contributed by atoms with Crippen molar-refractivity contribution in [1.82, 2.24) is 0 Å². The van der Waals surface area contributed by atoms with Crippen molar-refractivity contribution in [3.8, 4) is 0 Å². The fraction of sp³-hybridized carbons (Fsp3) is 0.364. The molecule has 0 aliphatic rings. The van der Waals surface area contributed by atoms with Gasteiger partial charge in [-0.2, -0.15) is 0 Å². The second kappa shape index (κ2) is 3.72. The normalized spacial score (nSPS) is 13.0. The van der Waals surface area contributed by atoms with Crippen molar-refractivity contribution in [3.05, 3.63) is 41.8 Å². The van der Waals surface area contributed by atoms with E-state index in [1.165, 1.54) is 11.1 Å². The third kappa shape index (κ3) is 2.08. The lowest BCUT2D eigenvalue weighted by atomic mass is 9.98. The van der Waals surface area contributed by atoms with Crippen LogP contribution < -0.4 is 0 Å². The molecule has 1 nitrogen and oxygen atoms in total. The van der Waals surface area contributed by atoms with E-state index in [0.717, 1.165) is 5.56 Å². The van der Waals surface area contributed by atoms with Crippen LogP contribution in [0.5, 0.6) is 0 Å². The standard InChI is InChI=1S/C11H15O/c1-8-4-9(2)6-11(5-8)10(3)7-12/h4-6,10,12H,3,7H2,1-2H3. The summed E-state index contributed by atoms with van der Waals surface area (Å²) >= 11 is 0. The first-order valence-corrected chi connectivity index (χ1v) is 4.15. The van der Waals surface area contributed by atoms with E-state index in [1.807, 2.05) is 0 Å². The maximum atomic E-state index is 8.91. The van der Waals surface area contributed by atoms with Gasteiger partial charge in [0.2, 0.25) is 0 Å². The molecular formula is C11H15O. The monoisotopic (exact) mass is 163 g/mol. The molecule has 0 fully saturated rings. The van der Waals surface area contributed by atoms with Crippen LogP contribution in [0.3, 0.4) is 0 Å². The summed E-state index contributed by atoms with van der Waals surface area (Å²) in [6, 6.07) is 6.26. The number of hydrogen-bond donors (Lipinski definition) is 1. The topological polar surface area (TPSA) is 20.2 Å². The number of benzene rings is 1. The molecule has 0 aromatic heterocycles. The molecule has 0 amide bonds. The second-order valence-corrected chi connectivity index (χ2v) is 3.30. The van der Waals surface area contributed by atoms with Gasteiger partial charge in [-0.3, -0.25) is 0 Å². The third-order valence-corrected chi connectivity index (χ3v) is 1.94. The Morgan fingerprint density at radius 1 is 1.25 bits per heavy atom. The Morgan fingerprint density at radius 2 is 1.75 bits per heavy atom. The lowest BCUT2D eigenvalue weighted by Gasteiger charge is -2.09. The van der Waals surface area contributed by atoms with Gasteiger partial charge in [0.05, 0.1) is 0 Å². The molecule has 0 aliphatic carbocycles. The van der Waals surface area contributed by atoms with Crippen LogP contribution in [0.2, 0.25) is 0 Å². The summed E-state index contributed by atoms with van der Waals surface area (Å²) in [5, 5.41) is 8.91. The van der Waals surface area contributed by atoms with Gasteiger partial charge in [0.25, 0.3) is 0 Å². The van der Waals surface area contributed by atoms with E-state index in [2.05, 4.69) is 39.0 Å². The zero-order chi connectivity index (χ0) is 9.14. The number of aliphatic hydroxyl groups is 1. The Hall–Kier alpha value is -0.820. The molecule has 1 aromatic rings. The highest BCUT2D eigenvalue weighted by atomic mass is 16.3. The van der Waals surface area contributed by atoms with Crippen molar-refractivity contribution in [1.29, 1.82) is 0 Å². The Labute approximate surface area is 74.1 Å². The zero-order valence-corrected chi connectivity index (χ0v) is 7.67. The predicted molar refractivity (Wildman–Crippen MR) is 51.1 cm³/mol. The molecule has 12 heavy (non-hydrogen) atoms. The zero-order valence-electron chi connectivity index (χ0n) is 7.67. The largest absolute Gasteiger partial charge is 0.396 e. The summed E-state index contributed by atoms with van der Waals surface area (Å²) in [5.74, 6) is 0.00333. The minimum absolute atomic E-state index is 0.00333. The molecule has 0 saturated carbocycles. The fourth-order valence-electron chi connectivity index (χ4n) is 1.35. The summed E-state index contributed by atoms with van der Waals surface area (Å²) in [4.78, 5) is 0. The van der Waals surface area contributed by atoms with Crippen molar-refractivity contribution in [3.63, 3.8) is 0 Å². The minimum Gasteiger partial charge on any atom is -0.396 e. The van der Waals surface area contributed by atoms with Crippen LogP contribution in [0.25, 0.3) is 0 Å². The van der Waals surface area contributed by atoms with Crippen LogP contribution >= 0.6 is 0 Å². The lowest BCUT2D eigenvalue weighted by Crippen LogP contribution is -1.99. The highest BCUT2D eigenvalue weighted by Crippen LogP contribution is 2.17. The van der Waals surface area contributed by atoms with Crippen LogP contribution in [0, 0.1) is 20.8 Å². The van der Waals surface area contributed by atoms with Gasteiger partial charge in [-0.05, 0) is 26.3 Å². The molecular weight excluding hydrogens is 148 g/mol. The molecule has 1 radical (unpaired) electrons. The average molecular weight is 163 g/mol. The smallest absolute Gasteiger partial charge is 0.0499 e. The SMILES string of the molecule is [CH2]C(CO)c1cc(C)cc(C)c1. The quantitative estimate of drug-likeness (QED) is 0.708. The second-order valence-electron chi connectivity index (χ2n) is 3.30. The summed E-state index contributed by atoms with van der Waals surface area (Å²) in [5.41, 5.74) is 3.58. The van der Waals surface area contributed by atoms with Gasteiger partial charge in [0.1, 0.15) is 0 Å². The van der Waals surface area contributed by atoms with E-state index in [9.17, 15) is 0 Å². The maximum absolute atomic E-state index is 8.91. The number of aryl methyl sites for hydroxylation is 2. The maximum Gasteiger partial charge on any atom is 0.0499 e. The van der Waals surface area contributed by atoms with Gasteiger partial charge in [0.15, 0.2) is 0 Å². The van der Waals surface area contributed by atoms with Crippen LogP contribution in [0.4, 0.5) is 0 Å². The summed E-state index contributed by atoms with van der Waals surface area (Å²) in [6.07, 6.45) is 0. The number of aliphatic hydroxyl groups excluding tert-OH is 1. The Bertz CT molecular complexity index is 245. The van der Waals surface area contributed by atoms with Crippen LogP contribution in [0.1, 0.15) is 22.6 Å².